The molecule has 32 heavy (non-hydrogen) atoms. The van der Waals surface area contributed by atoms with Crippen LogP contribution in [0.1, 0.15) is 11.6 Å². The molecule has 9 heteroatoms. The number of nitrogens with zero attached hydrogens (tertiary/aromatic N) is 3. The van der Waals surface area contributed by atoms with Crippen LogP contribution in [0.4, 0.5) is 17.1 Å². The molecule has 2 fully saturated rings. The molecule has 2 saturated heterocycles. The van der Waals surface area contributed by atoms with Crippen LogP contribution in [0.2, 0.25) is 5.02 Å². The van der Waals surface area contributed by atoms with E-state index in [2.05, 4.69) is 0 Å². The standard InChI is InChI=1S/C23H16ClN3O5/c24-18-12-11-16(27(30)31)13-17(18)20-19-21(32-26(20)15-9-5-2-6-10-15)23(29)25(22(19)28)14-7-3-1-4-8-14/h1-13,19-21H. The topological polar surface area (TPSA) is 93.0 Å². The van der Waals surface area contributed by atoms with Gasteiger partial charge in [0, 0.05) is 22.7 Å². The van der Waals surface area contributed by atoms with Gasteiger partial charge in [0.1, 0.15) is 5.92 Å². The first kappa shape index (κ1) is 20.2. The number of halogens is 1. The van der Waals surface area contributed by atoms with Gasteiger partial charge in [-0.3, -0.25) is 24.5 Å². The van der Waals surface area contributed by atoms with Crippen molar-refractivity contribution in [3.63, 3.8) is 0 Å². The summed E-state index contributed by atoms with van der Waals surface area (Å²) in [5.74, 6) is -1.86. The Bertz CT molecular complexity index is 1220. The molecule has 3 atom stereocenters. The Kier molecular flexibility index (Phi) is 4.88. The molecule has 3 aromatic rings. The van der Waals surface area contributed by atoms with Gasteiger partial charge in [-0.15, -0.1) is 0 Å². The van der Waals surface area contributed by atoms with Crippen molar-refractivity contribution in [3.05, 3.63) is 99.6 Å². The van der Waals surface area contributed by atoms with E-state index >= 15 is 0 Å². The Balaban J connectivity index is 1.64. The number of amides is 2. The SMILES string of the molecule is O=C1C2ON(c3ccccc3)C(c3cc([N+](=O)[O-])ccc3Cl)C2C(=O)N1c1ccccc1. The van der Waals surface area contributed by atoms with Gasteiger partial charge in [-0.05, 0) is 30.3 Å². The van der Waals surface area contributed by atoms with E-state index in [0.29, 0.717) is 16.9 Å². The molecule has 0 N–H and O–H groups in total. The van der Waals surface area contributed by atoms with E-state index in [9.17, 15) is 19.7 Å². The van der Waals surface area contributed by atoms with E-state index in [4.69, 9.17) is 16.4 Å². The number of carbonyl (C=O) groups is 2. The van der Waals surface area contributed by atoms with Gasteiger partial charge in [-0.2, -0.15) is 0 Å². The molecule has 0 radical (unpaired) electrons. The third-order valence-corrected chi connectivity index (χ3v) is 5.99. The van der Waals surface area contributed by atoms with Crippen molar-refractivity contribution in [2.45, 2.75) is 12.1 Å². The summed E-state index contributed by atoms with van der Waals surface area (Å²) in [7, 11) is 0. The number of imide groups is 1. The van der Waals surface area contributed by atoms with Crippen LogP contribution in [0.5, 0.6) is 0 Å². The van der Waals surface area contributed by atoms with E-state index in [0.717, 1.165) is 4.90 Å². The van der Waals surface area contributed by atoms with E-state index in [1.807, 2.05) is 6.07 Å². The molecule has 2 heterocycles. The predicted molar refractivity (Wildman–Crippen MR) is 117 cm³/mol. The molecule has 3 unspecified atom stereocenters. The van der Waals surface area contributed by atoms with Crippen LogP contribution in [0, 0.1) is 16.0 Å². The smallest absolute Gasteiger partial charge is 0.269 e. The number of para-hydroxylation sites is 2. The maximum Gasteiger partial charge on any atom is 0.269 e. The van der Waals surface area contributed by atoms with Gasteiger partial charge < -0.3 is 0 Å². The summed E-state index contributed by atoms with van der Waals surface area (Å²) >= 11 is 6.45. The van der Waals surface area contributed by atoms with Crippen molar-refractivity contribution in [2.75, 3.05) is 9.96 Å². The largest absolute Gasteiger partial charge is 0.273 e. The fourth-order valence-electron chi connectivity index (χ4n) is 4.23. The molecular formula is C23H16ClN3O5. The van der Waals surface area contributed by atoms with Crippen LogP contribution in [-0.2, 0) is 14.4 Å². The second kappa shape index (κ2) is 7.74. The van der Waals surface area contributed by atoms with Crippen LogP contribution in [0.15, 0.2) is 78.9 Å². The highest BCUT2D eigenvalue weighted by Crippen LogP contribution is 2.49. The zero-order valence-electron chi connectivity index (χ0n) is 16.5. The van der Waals surface area contributed by atoms with Crippen molar-refractivity contribution in [3.8, 4) is 0 Å². The van der Waals surface area contributed by atoms with E-state index in [1.165, 1.54) is 23.3 Å². The molecule has 0 aliphatic carbocycles. The average Bonchev–Trinajstić information content (AvgIpc) is 3.31. The Morgan fingerprint density at radius 2 is 1.50 bits per heavy atom. The number of nitro groups is 1. The minimum Gasteiger partial charge on any atom is -0.273 e. The highest BCUT2D eigenvalue weighted by atomic mass is 35.5. The summed E-state index contributed by atoms with van der Waals surface area (Å²) in [4.78, 5) is 44.7. The molecule has 160 valence electrons. The predicted octanol–water partition coefficient (Wildman–Crippen LogP) is 4.30. The van der Waals surface area contributed by atoms with E-state index in [-0.39, 0.29) is 10.7 Å². The van der Waals surface area contributed by atoms with Gasteiger partial charge in [-0.1, -0.05) is 48.0 Å². The lowest BCUT2D eigenvalue weighted by Gasteiger charge is -2.29. The summed E-state index contributed by atoms with van der Waals surface area (Å²) in [6.07, 6.45) is -1.08. The minimum atomic E-state index is -1.08. The Morgan fingerprint density at radius 3 is 2.12 bits per heavy atom. The second-order valence-electron chi connectivity index (χ2n) is 7.47. The molecule has 0 bridgehead atoms. The molecule has 2 aliphatic heterocycles. The molecule has 0 spiro atoms. The van der Waals surface area contributed by atoms with Crippen molar-refractivity contribution >= 4 is 40.5 Å². The van der Waals surface area contributed by atoms with Gasteiger partial charge in [0.25, 0.3) is 11.6 Å². The molecule has 2 aliphatic rings. The Morgan fingerprint density at radius 1 is 0.875 bits per heavy atom. The van der Waals surface area contributed by atoms with Crippen LogP contribution < -0.4 is 9.96 Å². The number of benzene rings is 3. The number of rotatable bonds is 4. The summed E-state index contributed by atoms with van der Waals surface area (Å²) in [6, 6.07) is 20.7. The number of hydroxylamine groups is 1. The molecule has 5 rings (SSSR count). The number of carbonyl (C=O) groups excluding carboxylic acids is 2. The molecule has 0 aromatic heterocycles. The highest BCUT2D eigenvalue weighted by Gasteiger charge is 2.60. The minimum absolute atomic E-state index is 0.169. The molecule has 3 aromatic carbocycles. The lowest BCUT2D eigenvalue weighted by atomic mass is 9.90. The third kappa shape index (κ3) is 3.12. The molecule has 2 amide bonds. The average molecular weight is 450 g/mol. The molecule has 0 saturated carbocycles. The van der Waals surface area contributed by atoms with E-state index < -0.39 is 34.8 Å². The fraction of sp³-hybridized carbons (Fsp3) is 0.130. The van der Waals surface area contributed by atoms with Crippen LogP contribution in [0.25, 0.3) is 0 Å². The van der Waals surface area contributed by atoms with Gasteiger partial charge in [0.05, 0.1) is 22.3 Å². The zero-order chi connectivity index (χ0) is 22.4. The van der Waals surface area contributed by atoms with Crippen LogP contribution in [-0.4, -0.2) is 22.8 Å². The number of nitro benzene ring substituents is 1. The van der Waals surface area contributed by atoms with Crippen LogP contribution in [0.3, 0.4) is 0 Å². The number of fused-ring (bicyclic) bond motifs is 1. The van der Waals surface area contributed by atoms with Gasteiger partial charge >= 0.3 is 0 Å². The zero-order valence-corrected chi connectivity index (χ0v) is 17.3. The normalized spacial score (nSPS) is 22.3. The van der Waals surface area contributed by atoms with Gasteiger partial charge in [0.2, 0.25) is 5.91 Å². The summed E-state index contributed by atoms with van der Waals surface area (Å²) in [5, 5.41) is 13.1. The first-order valence-electron chi connectivity index (χ1n) is 9.85. The van der Waals surface area contributed by atoms with Crippen molar-refractivity contribution < 1.29 is 19.3 Å². The van der Waals surface area contributed by atoms with E-state index in [1.54, 1.807) is 54.6 Å². The lowest BCUT2D eigenvalue weighted by Crippen LogP contribution is -2.37. The highest BCUT2D eigenvalue weighted by molar-refractivity contribution is 6.31. The number of non-ortho nitro benzene ring substituents is 1. The number of hydrogen-bond acceptors (Lipinski definition) is 6. The maximum absolute atomic E-state index is 13.5. The van der Waals surface area contributed by atoms with Gasteiger partial charge in [-0.25, -0.2) is 9.96 Å². The van der Waals surface area contributed by atoms with Gasteiger partial charge in [0.15, 0.2) is 6.10 Å². The first-order chi connectivity index (χ1) is 15.5. The molecular weight excluding hydrogens is 434 g/mol. The van der Waals surface area contributed by atoms with Crippen molar-refractivity contribution in [1.82, 2.24) is 0 Å². The quantitative estimate of drug-likeness (QED) is 0.335. The lowest BCUT2D eigenvalue weighted by molar-refractivity contribution is -0.384. The Hall–Kier alpha value is -3.75. The summed E-state index contributed by atoms with van der Waals surface area (Å²) in [5.41, 5.74) is 1.21. The third-order valence-electron chi connectivity index (χ3n) is 5.65. The van der Waals surface area contributed by atoms with Crippen LogP contribution >= 0.6 is 11.6 Å². The van der Waals surface area contributed by atoms with Crippen molar-refractivity contribution in [2.24, 2.45) is 5.92 Å². The first-order valence-corrected chi connectivity index (χ1v) is 10.2. The summed E-state index contributed by atoms with van der Waals surface area (Å²) in [6.45, 7) is 0. The fourth-order valence-corrected chi connectivity index (χ4v) is 4.46. The molecule has 8 nitrogen and oxygen atoms in total. The Labute approximate surface area is 187 Å². The monoisotopic (exact) mass is 449 g/mol. The van der Waals surface area contributed by atoms with Crippen molar-refractivity contribution in [1.29, 1.82) is 0 Å². The maximum atomic E-state index is 13.5. The summed E-state index contributed by atoms with van der Waals surface area (Å²) < 4.78 is 0. The number of hydrogen-bond donors (Lipinski definition) is 0. The second-order valence-corrected chi connectivity index (χ2v) is 7.88. The number of anilines is 2.